The zero-order valence-corrected chi connectivity index (χ0v) is 12.0. The number of carbonyl (C=O) groups is 2. The average molecular weight is 275 g/mol. The maximum Gasteiger partial charge on any atom is 0.335 e. The highest BCUT2D eigenvalue weighted by Crippen LogP contribution is 2.25. The molecule has 0 radical (unpaired) electrons. The van der Waals surface area contributed by atoms with Crippen LogP contribution < -0.4 is 5.32 Å². The van der Waals surface area contributed by atoms with Crippen molar-refractivity contribution < 1.29 is 14.7 Å². The lowest BCUT2D eigenvalue weighted by atomic mass is 9.91. The number of carboxylic acids is 1. The zero-order chi connectivity index (χ0) is 14.7. The van der Waals surface area contributed by atoms with Crippen LogP contribution in [-0.4, -0.2) is 23.0 Å². The van der Waals surface area contributed by atoms with Gasteiger partial charge in [-0.05, 0) is 36.5 Å². The molecule has 0 bridgehead atoms. The number of rotatable bonds is 4. The van der Waals surface area contributed by atoms with Crippen molar-refractivity contribution >= 4 is 11.9 Å². The van der Waals surface area contributed by atoms with Crippen molar-refractivity contribution in [3.8, 4) is 0 Å². The van der Waals surface area contributed by atoms with Gasteiger partial charge >= 0.3 is 5.97 Å². The van der Waals surface area contributed by atoms with E-state index in [4.69, 9.17) is 0 Å². The van der Waals surface area contributed by atoms with E-state index in [0.717, 1.165) is 25.7 Å². The molecule has 1 aliphatic carbocycles. The van der Waals surface area contributed by atoms with E-state index in [1.165, 1.54) is 0 Å². The van der Waals surface area contributed by atoms with Gasteiger partial charge in [-0.25, -0.2) is 4.79 Å². The van der Waals surface area contributed by atoms with E-state index in [1.807, 2.05) is 13.8 Å². The molecule has 20 heavy (non-hydrogen) atoms. The molecule has 4 heteroatoms. The van der Waals surface area contributed by atoms with Crippen LogP contribution in [0, 0.1) is 0 Å². The van der Waals surface area contributed by atoms with Crippen molar-refractivity contribution in [3.63, 3.8) is 0 Å². The summed E-state index contributed by atoms with van der Waals surface area (Å²) in [6.45, 7) is 3.82. The highest BCUT2D eigenvalue weighted by molar-refractivity contribution is 6.00. The molecule has 1 fully saturated rings. The second-order valence-corrected chi connectivity index (χ2v) is 5.68. The Labute approximate surface area is 119 Å². The average Bonchev–Trinajstić information content (AvgIpc) is 2.90. The predicted octanol–water partition coefficient (Wildman–Crippen LogP) is 3.18. The molecule has 0 atom stereocenters. The van der Waals surface area contributed by atoms with Gasteiger partial charge < -0.3 is 10.4 Å². The van der Waals surface area contributed by atoms with Crippen LogP contribution in [0.25, 0.3) is 0 Å². The van der Waals surface area contributed by atoms with E-state index >= 15 is 0 Å². The molecule has 1 aromatic rings. The van der Waals surface area contributed by atoms with Gasteiger partial charge in [-0.2, -0.15) is 0 Å². The van der Waals surface area contributed by atoms with Crippen LogP contribution in [0.3, 0.4) is 0 Å². The van der Waals surface area contributed by atoms with Crippen molar-refractivity contribution in [2.24, 2.45) is 0 Å². The normalized spacial score (nSPS) is 15.6. The van der Waals surface area contributed by atoms with Crippen LogP contribution in [0.2, 0.25) is 0 Å². The molecule has 108 valence electrons. The van der Waals surface area contributed by atoms with Gasteiger partial charge in [0.15, 0.2) is 0 Å². The summed E-state index contributed by atoms with van der Waals surface area (Å²) >= 11 is 0. The fraction of sp³-hybridized carbons (Fsp3) is 0.500. The number of nitrogens with one attached hydrogen (secondary N) is 1. The summed E-state index contributed by atoms with van der Waals surface area (Å²) < 4.78 is 0. The van der Waals surface area contributed by atoms with E-state index in [0.29, 0.717) is 11.1 Å². The standard InChI is InChI=1S/C16H21NO3/c1-10(2)14-12(8-5-9-13(14)16(19)20)15(18)17-11-6-3-4-7-11/h5,8-11H,3-4,6-7H2,1-2H3,(H,17,18)(H,19,20). The molecule has 0 saturated heterocycles. The number of benzene rings is 1. The lowest BCUT2D eigenvalue weighted by Gasteiger charge is -2.18. The third kappa shape index (κ3) is 3.00. The van der Waals surface area contributed by atoms with Gasteiger partial charge in [0, 0.05) is 11.6 Å². The first-order chi connectivity index (χ1) is 9.50. The topological polar surface area (TPSA) is 66.4 Å². The van der Waals surface area contributed by atoms with Crippen LogP contribution >= 0.6 is 0 Å². The summed E-state index contributed by atoms with van der Waals surface area (Å²) in [5, 5.41) is 12.3. The van der Waals surface area contributed by atoms with Crippen LogP contribution in [-0.2, 0) is 0 Å². The number of aromatic carboxylic acids is 1. The number of carbonyl (C=O) groups excluding carboxylic acids is 1. The molecule has 1 saturated carbocycles. The number of hydrogen-bond donors (Lipinski definition) is 2. The van der Waals surface area contributed by atoms with Gasteiger partial charge in [0.2, 0.25) is 0 Å². The Morgan fingerprint density at radius 3 is 2.35 bits per heavy atom. The smallest absolute Gasteiger partial charge is 0.335 e. The minimum atomic E-state index is -0.982. The molecule has 4 nitrogen and oxygen atoms in total. The Morgan fingerprint density at radius 1 is 1.20 bits per heavy atom. The first-order valence-electron chi connectivity index (χ1n) is 7.17. The summed E-state index contributed by atoms with van der Waals surface area (Å²) in [5.41, 5.74) is 1.33. The van der Waals surface area contributed by atoms with E-state index in [2.05, 4.69) is 5.32 Å². The number of hydrogen-bond acceptors (Lipinski definition) is 2. The highest BCUT2D eigenvalue weighted by Gasteiger charge is 2.23. The molecular formula is C16H21NO3. The van der Waals surface area contributed by atoms with Crippen molar-refractivity contribution in [2.75, 3.05) is 0 Å². The van der Waals surface area contributed by atoms with Gasteiger partial charge in [-0.3, -0.25) is 4.79 Å². The fourth-order valence-electron chi connectivity index (χ4n) is 2.91. The Morgan fingerprint density at radius 2 is 1.80 bits per heavy atom. The highest BCUT2D eigenvalue weighted by atomic mass is 16.4. The molecule has 0 unspecified atom stereocenters. The van der Waals surface area contributed by atoms with Crippen molar-refractivity contribution in [1.29, 1.82) is 0 Å². The lowest BCUT2D eigenvalue weighted by molar-refractivity contribution is 0.0695. The van der Waals surface area contributed by atoms with Gasteiger partial charge in [-0.1, -0.05) is 32.8 Å². The molecular weight excluding hydrogens is 254 g/mol. The second kappa shape index (κ2) is 6.07. The lowest BCUT2D eigenvalue weighted by Crippen LogP contribution is -2.33. The summed E-state index contributed by atoms with van der Waals surface area (Å²) in [6, 6.07) is 5.14. The molecule has 0 aliphatic heterocycles. The molecule has 0 heterocycles. The Hall–Kier alpha value is -1.84. The third-order valence-corrected chi connectivity index (χ3v) is 3.85. The Balaban J connectivity index is 2.32. The fourth-order valence-corrected chi connectivity index (χ4v) is 2.91. The largest absolute Gasteiger partial charge is 0.478 e. The molecule has 1 aromatic carbocycles. The van der Waals surface area contributed by atoms with Crippen LogP contribution in [0.1, 0.15) is 71.7 Å². The monoisotopic (exact) mass is 275 g/mol. The number of carboxylic acid groups (broad SMARTS) is 1. The SMILES string of the molecule is CC(C)c1c(C(=O)O)cccc1C(=O)NC1CCCC1. The van der Waals surface area contributed by atoms with E-state index in [1.54, 1.807) is 18.2 Å². The molecule has 1 aliphatic rings. The molecule has 0 aromatic heterocycles. The van der Waals surface area contributed by atoms with Crippen molar-refractivity contribution in [1.82, 2.24) is 5.32 Å². The minimum Gasteiger partial charge on any atom is -0.478 e. The van der Waals surface area contributed by atoms with Gasteiger partial charge in [-0.15, -0.1) is 0 Å². The predicted molar refractivity (Wildman–Crippen MR) is 77.2 cm³/mol. The molecule has 1 amide bonds. The molecule has 2 rings (SSSR count). The summed E-state index contributed by atoms with van der Waals surface area (Å²) in [4.78, 5) is 23.7. The summed E-state index contributed by atoms with van der Waals surface area (Å²) in [7, 11) is 0. The van der Waals surface area contributed by atoms with Crippen molar-refractivity contribution in [3.05, 3.63) is 34.9 Å². The van der Waals surface area contributed by atoms with Gasteiger partial charge in [0.25, 0.3) is 5.91 Å². The maximum atomic E-state index is 12.4. The maximum absolute atomic E-state index is 12.4. The Kier molecular flexibility index (Phi) is 4.42. The molecule has 0 spiro atoms. The first kappa shape index (κ1) is 14.6. The van der Waals surface area contributed by atoms with Gasteiger partial charge in [0.1, 0.15) is 0 Å². The van der Waals surface area contributed by atoms with Crippen LogP contribution in [0.4, 0.5) is 0 Å². The van der Waals surface area contributed by atoms with Crippen molar-refractivity contribution in [2.45, 2.75) is 51.5 Å². The first-order valence-corrected chi connectivity index (χ1v) is 7.17. The Bertz CT molecular complexity index is 516. The quantitative estimate of drug-likeness (QED) is 0.887. The van der Waals surface area contributed by atoms with E-state index in [9.17, 15) is 14.7 Å². The summed E-state index contributed by atoms with van der Waals surface area (Å²) in [5.74, 6) is -1.14. The minimum absolute atomic E-state index is 0.00775. The zero-order valence-electron chi connectivity index (χ0n) is 12.0. The van der Waals surface area contributed by atoms with Crippen LogP contribution in [0.15, 0.2) is 18.2 Å². The number of amides is 1. The van der Waals surface area contributed by atoms with Crippen LogP contribution in [0.5, 0.6) is 0 Å². The molecule has 2 N–H and O–H groups in total. The van der Waals surface area contributed by atoms with E-state index in [-0.39, 0.29) is 23.4 Å². The second-order valence-electron chi connectivity index (χ2n) is 5.68. The summed E-state index contributed by atoms with van der Waals surface area (Å²) in [6.07, 6.45) is 4.33. The van der Waals surface area contributed by atoms with E-state index < -0.39 is 5.97 Å². The third-order valence-electron chi connectivity index (χ3n) is 3.85. The van der Waals surface area contributed by atoms with Gasteiger partial charge in [0.05, 0.1) is 5.56 Å².